The first-order chi connectivity index (χ1) is 11.7. The number of carbonyl (C=O) groups excluding carboxylic acids is 2. The van der Waals surface area contributed by atoms with E-state index in [-0.39, 0.29) is 5.76 Å². The molecule has 0 atom stereocenters. The van der Waals surface area contributed by atoms with Gasteiger partial charge in [0.1, 0.15) is 5.76 Å². The summed E-state index contributed by atoms with van der Waals surface area (Å²) in [6, 6.07) is 9.12. The van der Waals surface area contributed by atoms with Crippen molar-refractivity contribution in [3.63, 3.8) is 0 Å². The fourth-order valence-corrected chi connectivity index (χ4v) is 2.99. The van der Waals surface area contributed by atoms with Crippen LogP contribution in [0.25, 0.3) is 5.76 Å². The molecule has 0 unspecified atom stereocenters. The summed E-state index contributed by atoms with van der Waals surface area (Å²) in [6.45, 7) is 7.66. The van der Waals surface area contributed by atoms with E-state index in [9.17, 15) is 14.7 Å². The summed E-state index contributed by atoms with van der Waals surface area (Å²) in [7, 11) is 0. The third-order valence-corrected chi connectivity index (χ3v) is 4.64. The van der Waals surface area contributed by atoms with Crippen molar-refractivity contribution in [1.82, 2.24) is 0 Å². The lowest BCUT2D eigenvalue weighted by Crippen LogP contribution is -2.21. The van der Waals surface area contributed by atoms with Gasteiger partial charge in [0.15, 0.2) is 0 Å². The first-order valence-corrected chi connectivity index (χ1v) is 8.58. The smallest absolute Gasteiger partial charge is 0.296 e. The number of ketones is 1. The Labute approximate surface area is 155 Å². The number of rotatable bonds is 4. The predicted molar refractivity (Wildman–Crippen MR) is 104 cm³/mol. The van der Waals surface area contributed by atoms with Gasteiger partial charge in [-0.2, -0.15) is 0 Å². The van der Waals surface area contributed by atoms with Crippen LogP contribution in [0.2, 0.25) is 0 Å². The van der Waals surface area contributed by atoms with Gasteiger partial charge in [0.25, 0.3) is 5.91 Å². The van der Waals surface area contributed by atoms with Gasteiger partial charge in [0.2, 0.25) is 5.78 Å². The molecule has 25 heavy (non-hydrogen) atoms. The molecule has 5 heteroatoms. The van der Waals surface area contributed by atoms with E-state index in [4.69, 9.17) is 0 Å². The fraction of sp³-hybridized carbons (Fsp3) is 0.200. The molecule has 2 aromatic rings. The minimum atomic E-state index is -0.817. The molecule has 0 aliphatic carbocycles. The van der Waals surface area contributed by atoms with Crippen LogP contribution >= 0.6 is 15.9 Å². The maximum Gasteiger partial charge on any atom is 0.296 e. The van der Waals surface area contributed by atoms with Gasteiger partial charge in [0, 0.05) is 16.1 Å². The molecule has 2 aromatic carbocycles. The van der Waals surface area contributed by atoms with Crippen molar-refractivity contribution in [2.75, 3.05) is 5.32 Å². The number of benzene rings is 2. The molecule has 0 aliphatic rings. The average Bonchev–Trinajstić information content (AvgIpc) is 2.52. The van der Waals surface area contributed by atoms with Crippen LogP contribution in [-0.2, 0) is 9.59 Å². The van der Waals surface area contributed by atoms with Crippen LogP contribution in [0.4, 0.5) is 5.69 Å². The molecule has 2 N–H and O–H groups in total. The number of hydrogen-bond donors (Lipinski definition) is 2. The standard InChI is InChI=1S/C20H20BrNO3/c1-11-5-6-15(14(4)7-11)18(23)10-19(24)20(25)22-17-9-13(3)12(2)8-16(17)21/h5-10,23H,1-4H3,(H,22,25)/b18-10-. The number of hydrogen-bond acceptors (Lipinski definition) is 3. The van der Waals surface area contributed by atoms with Crippen LogP contribution in [0.1, 0.15) is 27.8 Å². The zero-order valence-electron chi connectivity index (χ0n) is 14.6. The van der Waals surface area contributed by atoms with Crippen molar-refractivity contribution in [2.24, 2.45) is 0 Å². The van der Waals surface area contributed by atoms with E-state index in [0.29, 0.717) is 15.7 Å². The summed E-state index contributed by atoms with van der Waals surface area (Å²) in [5.74, 6) is -1.85. The molecule has 130 valence electrons. The first kappa shape index (κ1) is 18.9. The number of nitrogens with one attached hydrogen (secondary N) is 1. The Bertz CT molecular complexity index is 885. The van der Waals surface area contributed by atoms with Crippen molar-refractivity contribution in [2.45, 2.75) is 27.7 Å². The highest BCUT2D eigenvalue weighted by atomic mass is 79.9. The summed E-state index contributed by atoms with van der Waals surface area (Å²) in [4.78, 5) is 24.2. The Morgan fingerprint density at radius 2 is 1.64 bits per heavy atom. The lowest BCUT2D eigenvalue weighted by atomic mass is 10.0. The van der Waals surface area contributed by atoms with E-state index in [1.54, 1.807) is 12.1 Å². The summed E-state index contributed by atoms with van der Waals surface area (Å²) in [6.07, 6.45) is 0.946. The second kappa shape index (κ2) is 7.66. The average molecular weight is 402 g/mol. The lowest BCUT2D eigenvalue weighted by molar-refractivity contribution is -0.132. The summed E-state index contributed by atoms with van der Waals surface area (Å²) in [5.41, 5.74) is 5.00. The van der Waals surface area contributed by atoms with Gasteiger partial charge >= 0.3 is 0 Å². The van der Waals surface area contributed by atoms with Gasteiger partial charge in [-0.15, -0.1) is 0 Å². The number of carbonyl (C=O) groups is 2. The molecule has 0 aromatic heterocycles. The second-order valence-electron chi connectivity index (χ2n) is 6.08. The largest absolute Gasteiger partial charge is 0.507 e. The molecular formula is C20H20BrNO3. The number of aliphatic hydroxyl groups excluding tert-OH is 1. The molecule has 2 rings (SSSR count). The second-order valence-corrected chi connectivity index (χ2v) is 6.94. The highest BCUT2D eigenvalue weighted by Crippen LogP contribution is 2.26. The number of anilines is 1. The molecule has 4 nitrogen and oxygen atoms in total. The topological polar surface area (TPSA) is 66.4 Å². The van der Waals surface area contributed by atoms with Crippen molar-refractivity contribution in [1.29, 1.82) is 0 Å². The van der Waals surface area contributed by atoms with Crippen molar-refractivity contribution in [3.8, 4) is 0 Å². The number of amides is 1. The first-order valence-electron chi connectivity index (χ1n) is 7.79. The Kier molecular flexibility index (Phi) is 5.80. The molecule has 0 saturated carbocycles. The SMILES string of the molecule is Cc1ccc(/C(O)=C/C(=O)C(=O)Nc2cc(C)c(C)cc2Br)c(C)c1. The van der Waals surface area contributed by atoms with E-state index in [0.717, 1.165) is 28.3 Å². The number of aliphatic hydroxyl groups is 1. The minimum Gasteiger partial charge on any atom is -0.507 e. The zero-order chi connectivity index (χ0) is 18.7. The molecule has 0 aliphatic heterocycles. The molecule has 0 heterocycles. The van der Waals surface area contributed by atoms with E-state index in [1.165, 1.54) is 0 Å². The molecule has 1 amide bonds. The van der Waals surface area contributed by atoms with Gasteiger partial charge < -0.3 is 10.4 Å². The molecular weight excluding hydrogens is 382 g/mol. The van der Waals surface area contributed by atoms with Crippen molar-refractivity contribution < 1.29 is 14.7 Å². The monoisotopic (exact) mass is 401 g/mol. The molecule has 0 fully saturated rings. The maximum absolute atomic E-state index is 12.1. The third-order valence-electron chi connectivity index (χ3n) is 3.98. The Hall–Kier alpha value is -2.40. The molecule has 0 bridgehead atoms. The molecule has 0 saturated heterocycles. The Morgan fingerprint density at radius 3 is 2.28 bits per heavy atom. The van der Waals surface area contributed by atoms with Crippen LogP contribution in [0.3, 0.4) is 0 Å². The summed E-state index contributed by atoms with van der Waals surface area (Å²) in [5, 5.41) is 12.7. The summed E-state index contributed by atoms with van der Waals surface area (Å²) < 4.78 is 0.694. The van der Waals surface area contributed by atoms with Gasteiger partial charge in [-0.25, -0.2) is 0 Å². The maximum atomic E-state index is 12.1. The van der Waals surface area contributed by atoms with Crippen LogP contribution in [0.15, 0.2) is 40.9 Å². The number of halogens is 1. The van der Waals surface area contributed by atoms with Crippen molar-refractivity contribution >= 4 is 39.1 Å². The van der Waals surface area contributed by atoms with E-state index < -0.39 is 11.7 Å². The van der Waals surface area contributed by atoms with Gasteiger partial charge in [0.05, 0.1) is 5.69 Å². The third kappa shape index (κ3) is 4.57. The van der Waals surface area contributed by atoms with Gasteiger partial charge in [-0.3, -0.25) is 9.59 Å². The van der Waals surface area contributed by atoms with Gasteiger partial charge in [-0.05, 0) is 72.4 Å². The molecule has 0 spiro atoms. The van der Waals surface area contributed by atoms with E-state index >= 15 is 0 Å². The number of aryl methyl sites for hydroxylation is 4. The van der Waals surface area contributed by atoms with Gasteiger partial charge in [-0.1, -0.05) is 23.8 Å². The quantitative estimate of drug-likeness (QED) is 0.439. The Morgan fingerprint density at radius 1 is 1.00 bits per heavy atom. The fourth-order valence-electron chi connectivity index (χ4n) is 2.43. The van der Waals surface area contributed by atoms with Crippen molar-refractivity contribution in [3.05, 3.63) is 68.7 Å². The molecule has 0 radical (unpaired) electrons. The van der Waals surface area contributed by atoms with Crippen LogP contribution in [-0.4, -0.2) is 16.8 Å². The van der Waals surface area contributed by atoms with Crippen LogP contribution in [0.5, 0.6) is 0 Å². The van der Waals surface area contributed by atoms with Crippen LogP contribution in [0, 0.1) is 27.7 Å². The summed E-state index contributed by atoms with van der Waals surface area (Å²) >= 11 is 3.37. The van der Waals surface area contributed by atoms with E-state index in [1.807, 2.05) is 45.9 Å². The predicted octanol–water partition coefficient (Wildman–Crippen LogP) is 4.79. The highest BCUT2D eigenvalue weighted by Gasteiger charge is 2.16. The highest BCUT2D eigenvalue weighted by molar-refractivity contribution is 9.10. The van der Waals surface area contributed by atoms with Crippen LogP contribution < -0.4 is 5.32 Å². The normalized spacial score (nSPS) is 11.3. The zero-order valence-corrected chi connectivity index (χ0v) is 16.2. The lowest BCUT2D eigenvalue weighted by Gasteiger charge is -2.09. The Balaban J connectivity index is 2.20. The minimum absolute atomic E-state index is 0.225. The van der Waals surface area contributed by atoms with E-state index in [2.05, 4.69) is 21.2 Å².